The standard InChI is InChI=1S/C23H27ClN2O2/c1-17-4-8-20(16-18(17)2)23(28)26-13-3-12-25(14-15-26)22(27)11-7-19-5-9-21(24)10-6-19/h4-6,8-10,16H,3,7,11-15H2,1-2H3. The van der Waals surface area contributed by atoms with Crippen LogP contribution >= 0.6 is 11.6 Å². The van der Waals surface area contributed by atoms with Crippen molar-refractivity contribution in [3.8, 4) is 0 Å². The Labute approximate surface area is 172 Å². The molecule has 1 saturated heterocycles. The van der Waals surface area contributed by atoms with Crippen molar-refractivity contribution >= 4 is 23.4 Å². The first-order chi connectivity index (χ1) is 13.4. The lowest BCUT2D eigenvalue weighted by Crippen LogP contribution is -2.37. The van der Waals surface area contributed by atoms with E-state index in [2.05, 4.69) is 0 Å². The molecule has 1 aliphatic heterocycles. The van der Waals surface area contributed by atoms with Crippen molar-refractivity contribution < 1.29 is 9.59 Å². The van der Waals surface area contributed by atoms with E-state index >= 15 is 0 Å². The number of hydrogen-bond acceptors (Lipinski definition) is 2. The first-order valence-electron chi connectivity index (χ1n) is 9.83. The number of halogens is 1. The quantitative estimate of drug-likeness (QED) is 0.771. The van der Waals surface area contributed by atoms with Gasteiger partial charge in [0.15, 0.2) is 0 Å². The normalized spacial score (nSPS) is 14.7. The highest BCUT2D eigenvalue weighted by Crippen LogP contribution is 2.15. The van der Waals surface area contributed by atoms with Crippen LogP contribution in [0.5, 0.6) is 0 Å². The van der Waals surface area contributed by atoms with Crippen LogP contribution in [-0.2, 0) is 11.2 Å². The molecule has 0 unspecified atom stereocenters. The molecule has 1 fully saturated rings. The summed E-state index contributed by atoms with van der Waals surface area (Å²) in [5.41, 5.74) is 4.15. The van der Waals surface area contributed by atoms with Crippen LogP contribution in [0.1, 0.15) is 39.9 Å². The number of aryl methyl sites for hydroxylation is 3. The highest BCUT2D eigenvalue weighted by molar-refractivity contribution is 6.30. The van der Waals surface area contributed by atoms with E-state index in [4.69, 9.17) is 11.6 Å². The molecule has 4 nitrogen and oxygen atoms in total. The average Bonchev–Trinajstić information content (AvgIpc) is 2.95. The number of carbonyl (C=O) groups excluding carboxylic acids is 2. The third-order valence-electron chi connectivity index (χ3n) is 5.43. The lowest BCUT2D eigenvalue weighted by atomic mass is 10.1. The molecule has 1 heterocycles. The van der Waals surface area contributed by atoms with E-state index < -0.39 is 0 Å². The lowest BCUT2D eigenvalue weighted by Gasteiger charge is -2.22. The fourth-order valence-electron chi connectivity index (χ4n) is 3.49. The van der Waals surface area contributed by atoms with Gasteiger partial charge in [0.1, 0.15) is 0 Å². The minimum Gasteiger partial charge on any atom is -0.341 e. The van der Waals surface area contributed by atoms with Gasteiger partial charge in [-0.05, 0) is 67.6 Å². The van der Waals surface area contributed by atoms with Crippen LogP contribution in [0, 0.1) is 13.8 Å². The summed E-state index contributed by atoms with van der Waals surface area (Å²) >= 11 is 5.91. The van der Waals surface area contributed by atoms with Gasteiger partial charge in [-0.25, -0.2) is 0 Å². The molecule has 0 spiro atoms. The summed E-state index contributed by atoms with van der Waals surface area (Å²) in [5, 5.41) is 0.705. The Morgan fingerprint density at radius 2 is 1.57 bits per heavy atom. The zero-order valence-electron chi connectivity index (χ0n) is 16.6. The fraction of sp³-hybridized carbons (Fsp3) is 0.391. The number of benzene rings is 2. The SMILES string of the molecule is Cc1ccc(C(=O)N2CCCN(C(=O)CCc3ccc(Cl)cc3)CC2)cc1C. The van der Waals surface area contributed by atoms with Gasteiger partial charge in [-0.2, -0.15) is 0 Å². The Morgan fingerprint density at radius 1 is 0.893 bits per heavy atom. The van der Waals surface area contributed by atoms with Crippen LogP contribution in [0.15, 0.2) is 42.5 Å². The maximum Gasteiger partial charge on any atom is 0.253 e. The van der Waals surface area contributed by atoms with Crippen LogP contribution in [0.25, 0.3) is 0 Å². The second kappa shape index (κ2) is 9.24. The van der Waals surface area contributed by atoms with Gasteiger partial charge in [-0.15, -0.1) is 0 Å². The van der Waals surface area contributed by atoms with Gasteiger partial charge < -0.3 is 9.80 Å². The van der Waals surface area contributed by atoms with Crippen molar-refractivity contribution in [2.45, 2.75) is 33.1 Å². The van der Waals surface area contributed by atoms with Gasteiger partial charge in [0.25, 0.3) is 5.91 Å². The number of hydrogen-bond donors (Lipinski definition) is 0. The van der Waals surface area contributed by atoms with Gasteiger partial charge in [0, 0.05) is 43.2 Å². The Hall–Kier alpha value is -2.33. The van der Waals surface area contributed by atoms with E-state index in [1.807, 2.05) is 66.1 Å². The second-order valence-corrected chi connectivity index (χ2v) is 7.89. The van der Waals surface area contributed by atoms with Gasteiger partial charge in [-0.3, -0.25) is 9.59 Å². The third-order valence-corrected chi connectivity index (χ3v) is 5.68. The molecule has 28 heavy (non-hydrogen) atoms. The molecular weight excluding hydrogens is 372 g/mol. The summed E-state index contributed by atoms with van der Waals surface area (Å²) in [4.78, 5) is 29.2. The number of nitrogens with zero attached hydrogens (tertiary/aromatic N) is 2. The molecule has 2 amide bonds. The van der Waals surface area contributed by atoms with Crippen molar-refractivity contribution in [3.63, 3.8) is 0 Å². The highest BCUT2D eigenvalue weighted by Gasteiger charge is 2.22. The van der Waals surface area contributed by atoms with Crippen molar-refractivity contribution in [2.75, 3.05) is 26.2 Å². The van der Waals surface area contributed by atoms with Gasteiger partial charge in [0.05, 0.1) is 0 Å². The number of amides is 2. The van der Waals surface area contributed by atoms with Crippen LogP contribution < -0.4 is 0 Å². The van der Waals surface area contributed by atoms with Crippen LogP contribution in [0.4, 0.5) is 0 Å². The number of rotatable bonds is 4. The van der Waals surface area contributed by atoms with Crippen LogP contribution in [-0.4, -0.2) is 47.8 Å². The summed E-state index contributed by atoms with van der Waals surface area (Å²) in [6.07, 6.45) is 1.99. The van der Waals surface area contributed by atoms with E-state index in [0.29, 0.717) is 44.0 Å². The summed E-state index contributed by atoms with van der Waals surface area (Å²) in [6, 6.07) is 13.5. The molecule has 2 aromatic carbocycles. The Bertz CT molecular complexity index is 848. The molecule has 0 N–H and O–H groups in total. The Balaban J connectivity index is 1.54. The number of carbonyl (C=O) groups is 2. The molecule has 0 radical (unpaired) electrons. The molecule has 3 rings (SSSR count). The molecule has 0 bridgehead atoms. The van der Waals surface area contributed by atoms with Crippen LogP contribution in [0.3, 0.4) is 0 Å². The third kappa shape index (κ3) is 5.14. The molecule has 0 aliphatic carbocycles. The molecule has 0 saturated carbocycles. The molecule has 0 aromatic heterocycles. The fourth-order valence-corrected chi connectivity index (χ4v) is 3.61. The minimum atomic E-state index is 0.0542. The van der Waals surface area contributed by atoms with E-state index in [1.54, 1.807) is 0 Å². The van der Waals surface area contributed by atoms with E-state index in [9.17, 15) is 9.59 Å². The summed E-state index contributed by atoms with van der Waals surface area (Å²) in [7, 11) is 0. The zero-order chi connectivity index (χ0) is 20.1. The molecular formula is C23H27ClN2O2. The summed E-state index contributed by atoms with van der Waals surface area (Å²) in [6.45, 7) is 6.63. The van der Waals surface area contributed by atoms with E-state index in [-0.39, 0.29) is 11.8 Å². The molecule has 5 heteroatoms. The first kappa shape index (κ1) is 20.4. The van der Waals surface area contributed by atoms with E-state index in [0.717, 1.165) is 23.1 Å². The molecule has 148 valence electrons. The minimum absolute atomic E-state index is 0.0542. The predicted octanol–water partition coefficient (Wildman–Crippen LogP) is 4.26. The monoisotopic (exact) mass is 398 g/mol. The van der Waals surface area contributed by atoms with E-state index in [1.165, 1.54) is 5.56 Å². The largest absolute Gasteiger partial charge is 0.341 e. The van der Waals surface area contributed by atoms with Crippen molar-refractivity contribution in [1.82, 2.24) is 9.80 Å². The average molecular weight is 399 g/mol. The summed E-state index contributed by atoms with van der Waals surface area (Å²) in [5.74, 6) is 0.203. The maximum absolute atomic E-state index is 12.8. The molecule has 1 aliphatic rings. The van der Waals surface area contributed by atoms with Crippen molar-refractivity contribution in [1.29, 1.82) is 0 Å². The Morgan fingerprint density at radius 3 is 2.29 bits per heavy atom. The highest BCUT2D eigenvalue weighted by atomic mass is 35.5. The second-order valence-electron chi connectivity index (χ2n) is 7.45. The molecule has 0 atom stereocenters. The topological polar surface area (TPSA) is 40.6 Å². The van der Waals surface area contributed by atoms with Crippen molar-refractivity contribution in [3.05, 3.63) is 69.7 Å². The van der Waals surface area contributed by atoms with Crippen molar-refractivity contribution in [2.24, 2.45) is 0 Å². The Kier molecular flexibility index (Phi) is 6.74. The smallest absolute Gasteiger partial charge is 0.253 e. The van der Waals surface area contributed by atoms with Gasteiger partial charge >= 0.3 is 0 Å². The predicted molar refractivity (Wildman–Crippen MR) is 113 cm³/mol. The summed E-state index contributed by atoms with van der Waals surface area (Å²) < 4.78 is 0. The first-order valence-corrected chi connectivity index (χ1v) is 10.2. The van der Waals surface area contributed by atoms with Crippen LogP contribution in [0.2, 0.25) is 5.02 Å². The zero-order valence-corrected chi connectivity index (χ0v) is 17.3. The maximum atomic E-state index is 12.8. The van der Waals surface area contributed by atoms with Gasteiger partial charge in [0.2, 0.25) is 5.91 Å². The van der Waals surface area contributed by atoms with Gasteiger partial charge in [-0.1, -0.05) is 29.8 Å². The molecule has 2 aromatic rings. The lowest BCUT2D eigenvalue weighted by molar-refractivity contribution is -0.131.